The molecule has 1 aliphatic rings. The Hall–Kier alpha value is -1.39. The molecular formula is C16H24N2O2. The third kappa shape index (κ3) is 3.81. The number of rotatable bonds is 7. The topological polar surface area (TPSA) is 75.4 Å². The molecule has 2 rings (SSSR count). The number of nitrogens with one attached hydrogen (secondary N) is 1. The van der Waals surface area contributed by atoms with Crippen molar-refractivity contribution in [3.8, 4) is 0 Å². The van der Waals surface area contributed by atoms with E-state index in [1.807, 2.05) is 30.3 Å². The largest absolute Gasteiger partial charge is 0.394 e. The lowest BCUT2D eigenvalue weighted by atomic mass is 9.66. The van der Waals surface area contributed by atoms with Crippen molar-refractivity contribution < 1.29 is 9.90 Å². The minimum absolute atomic E-state index is 0.00475. The Bertz CT molecular complexity index is 424. The summed E-state index contributed by atoms with van der Waals surface area (Å²) in [7, 11) is 0. The van der Waals surface area contributed by atoms with Gasteiger partial charge in [0.25, 0.3) is 0 Å². The van der Waals surface area contributed by atoms with Crippen molar-refractivity contribution in [2.45, 2.75) is 38.1 Å². The molecule has 1 aliphatic carbocycles. The van der Waals surface area contributed by atoms with Crippen LogP contribution < -0.4 is 11.1 Å². The number of aliphatic hydroxyl groups is 1. The van der Waals surface area contributed by atoms with E-state index >= 15 is 0 Å². The SMILES string of the molecule is NCC1(CC(=O)N[C@@H](CO)Cc2ccccc2)CCC1. The number of benzene rings is 1. The van der Waals surface area contributed by atoms with Gasteiger partial charge >= 0.3 is 0 Å². The first-order valence-corrected chi connectivity index (χ1v) is 7.32. The molecule has 0 unspecified atom stereocenters. The first-order valence-electron chi connectivity index (χ1n) is 7.32. The van der Waals surface area contributed by atoms with E-state index in [0.717, 1.165) is 24.8 Å². The highest BCUT2D eigenvalue weighted by atomic mass is 16.3. The van der Waals surface area contributed by atoms with Gasteiger partial charge in [0.2, 0.25) is 5.91 Å². The van der Waals surface area contributed by atoms with Crippen molar-refractivity contribution in [1.29, 1.82) is 0 Å². The van der Waals surface area contributed by atoms with Crippen LogP contribution in [0.4, 0.5) is 0 Å². The standard InChI is InChI=1S/C16H24N2O2/c17-12-16(7-4-8-16)10-15(20)18-14(11-19)9-13-5-2-1-3-6-13/h1-3,5-6,14,19H,4,7-12,17H2,(H,18,20)/t14-/m1/s1. The fourth-order valence-corrected chi connectivity index (χ4v) is 2.81. The molecule has 0 aliphatic heterocycles. The van der Waals surface area contributed by atoms with Crippen LogP contribution in [0.1, 0.15) is 31.2 Å². The first kappa shape index (κ1) is 15.0. The van der Waals surface area contributed by atoms with E-state index in [-0.39, 0.29) is 24.0 Å². The molecule has 1 aromatic rings. The van der Waals surface area contributed by atoms with E-state index in [0.29, 0.717) is 19.4 Å². The maximum atomic E-state index is 12.1. The predicted octanol–water partition coefficient (Wildman–Crippen LogP) is 1.23. The minimum Gasteiger partial charge on any atom is -0.394 e. The number of hydrogen-bond acceptors (Lipinski definition) is 3. The van der Waals surface area contributed by atoms with Crippen LogP contribution in [0.15, 0.2) is 30.3 Å². The summed E-state index contributed by atoms with van der Waals surface area (Å²) in [6.07, 6.45) is 4.38. The highest BCUT2D eigenvalue weighted by Gasteiger charge is 2.37. The molecule has 1 atom stereocenters. The van der Waals surface area contributed by atoms with Crippen molar-refractivity contribution in [3.63, 3.8) is 0 Å². The number of aliphatic hydroxyl groups excluding tert-OH is 1. The maximum absolute atomic E-state index is 12.1. The molecule has 0 aromatic heterocycles. The second-order valence-corrected chi connectivity index (χ2v) is 5.87. The molecule has 0 heterocycles. The first-order chi connectivity index (χ1) is 9.67. The maximum Gasteiger partial charge on any atom is 0.220 e. The number of amides is 1. The van der Waals surface area contributed by atoms with E-state index < -0.39 is 0 Å². The Kier molecular flexibility index (Phi) is 5.15. The van der Waals surface area contributed by atoms with Gasteiger partial charge in [-0.05, 0) is 36.8 Å². The second-order valence-electron chi connectivity index (χ2n) is 5.87. The Labute approximate surface area is 120 Å². The molecule has 1 amide bonds. The molecule has 0 bridgehead atoms. The average molecular weight is 276 g/mol. The quantitative estimate of drug-likeness (QED) is 0.701. The van der Waals surface area contributed by atoms with Crippen molar-refractivity contribution in [2.75, 3.05) is 13.2 Å². The van der Waals surface area contributed by atoms with Crippen molar-refractivity contribution in [1.82, 2.24) is 5.32 Å². The van der Waals surface area contributed by atoms with E-state index in [4.69, 9.17) is 5.73 Å². The van der Waals surface area contributed by atoms with E-state index in [2.05, 4.69) is 5.32 Å². The van der Waals surface area contributed by atoms with Gasteiger partial charge in [-0.15, -0.1) is 0 Å². The van der Waals surface area contributed by atoms with Crippen LogP contribution in [-0.4, -0.2) is 30.2 Å². The summed E-state index contributed by atoms with van der Waals surface area (Å²) >= 11 is 0. The summed E-state index contributed by atoms with van der Waals surface area (Å²) in [5.74, 6) is 0.00475. The normalized spacial score (nSPS) is 18.1. The molecule has 1 fully saturated rings. The lowest BCUT2D eigenvalue weighted by molar-refractivity contribution is -0.125. The molecule has 4 N–H and O–H groups in total. The Morgan fingerprint density at radius 2 is 2.05 bits per heavy atom. The average Bonchev–Trinajstić information content (AvgIpc) is 2.43. The van der Waals surface area contributed by atoms with Gasteiger partial charge in [0.05, 0.1) is 12.6 Å². The van der Waals surface area contributed by atoms with Crippen LogP contribution in [-0.2, 0) is 11.2 Å². The fourth-order valence-electron chi connectivity index (χ4n) is 2.81. The zero-order valence-corrected chi connectivity index (χ0v) is 11.8. The molecular weight excluding hydrogens is 252 g/mol. The van der Waals surface area contributed by atoms with Gasteiger partial charge in [-0.1, -0.05) is 36.8 Å². The summed E-state index contributed by atoms with van der Waals surface area (Å²) in [4.78, 5) is 12.1. The zero-order chi connectivity index (χ0) is 14.4. The number of carbonyl (C=O) groups excluding carboxylic acids is 1. The molecule has 0 saturated heterocycles. The molecule has 0 spiro atoms. The summed E-state index contributed by atoms with van der Waals surface area (Å²) in [6, 6.07) is 9.66. The monoisotopic (exact) mass is 276 g/mol. The summed E-state index contributed by atoms with van der Waals surface area (Å²) < 4.78 is 0. The molecule has 1 saturated carbocycles. The van der Waals surface area contributed by atoms with Crippen molar-refractivity contribution >= 4 is 5.91 Å². The van der Waals surface area contributed by atoms with Crippen LogP contribution in [0.2, 0.25) is 0 Å². The third-order valence-corrected chi connectivity index (χ3v) is 4.29. The zero-order valence-electron chi connectivity index (χ0n) is 11.8. The third-order valence-electron chi connectivity index (χ3n) is 4.29. The number of carbonyl (C=O) groups is 1. The van der Waals surface area contributed by atoms with Crippen LogP contribution in [0.25, 0.3) is 0 Å². The van der Waals surface area contributed by atoms with Crippen LogP contribution in [0.3, 0.4) is 0 Å². The predicted molar refractivity (Wildman–Crippen MR) is 79.1 cm³/mol. The molecule has 110 valence electrons. The highest BCUT2D eigenvalue weighted by molar-refractivity contribution is 5.77. The lowest BCUT2D eigenvalue weighted by Crippen LogP contribution is -2.45. The second kappa shape index (κ2) is 6.86. The summed E-state index contributed by atoms with van der Waals surface area (Å²) in [5, 5.41) is 12.4. The summed E-state index contributed by atoms with van der Waals surface area (Å²) in [6.45, 7) is 0.527. The molecule has 4 heteroatoms. The van der Waals surface area contributed by atoms with Gasteiger partial charge in [-0.25, -0.2) is 0 Å². The Morgan fingerprint density at radius 1 is 1.35 bits per heavy atom. The highest BCUT2D eigenvalue weighted by Crippen LogP contribution is 2.42. The van der Waals surface area contributed by atoms with Gasteiger partial charge < -0.3 is 16.2 Å². The smallest absolute Gasteiger partial charge is 0.220 e. The van der Waals surface area contributed by atoms with Gasteiger partial charge in [-0.3, -0.25) is 4.79 Å². The van der Waals surface area contributed by atoms with Crippen molar-refractivity contribution in [2.24, 2.45) is 11.1 Å². The van der Waals surface area contributed by atoms with Gasteiger partial charge in [-0.2, -0.15) is 0 Å². The van der Waals surface area contributed by atoms with Crippen molar-refractivity contribution in [3.05, 3.63) is 35.9 Å². The van der Waals surface area contributed by atoms with E-state index in [9.17, 15) is 9.90 Å². The van der Waals surface area contributed by atoms with Crippen LogP contribution in [0, 0.1) is 5.41 Å². The van der Waals surface area contributed by atoms with Crippen LogP contribution >= 0.6 is 0 Å². The van der Waals surface area contributed by atoms with Crippen LogP contribution in [0.5, 0.6) is 0 Å². The number of nitrogens with two attached hydrogens (primary N) is 1. The van der Waals surface area contributed by atoms with Gasteiger partial charge in [0.1, 0.15) is 0 Å². The molecule has 20 heavy (non-hydrogen) atoms. The molecule has 0 radical (unpaired) electrons. The van der Waals surface area contributed by atoms with Gasteiger partial charge in [0, 0.05) is 6.42 Å². The molecule has 4 nitrogen and oxygen atoms in total. The van der Waals surface area contributed by atoms with E-state index in [1.54, 1.807) is 0 Å². The number of hydrogen-bond donors (Lipinski definition) is 3. The summed E-state index contributed by atoms with van der Waals surface area (Å²) in [5.41, 5.74) is 6.90. The lowest BCUT2D eigenvalue weighted by Gasteiger charge is -2.40. The van der Waals surface area contributed by atoms with E-state index in [1.165, 1.54) is 0 Å². The molecule has 1 aromatic carbocycles. The Morgan fingerprint density at radius 3 is 2.55 bits per heavy atom. The Balaban J connectivity index is 1.85. The fraction of sp³-hybridized carbons (Fsp3) is 0.562. The minimum atomic E-state index is -0.222. The van der Waals surface area contributed by atoms with Gasteiger partial charge in [0.15, 0.2) is 0 Å².